The predicted octanol–water partition coefficient (Wildman–Crippen LogP) is 3.57. The lowest BCUT2D eigenvalue weighted by atomic mass is 9.76. The SMILES string of the molecule is CC(C)(C)OC(=O)N1CCC2(CC1)CO[C@@H](CC(C)(C)SN)C2. The maximum atomic E-state index is 12.2. The third-order valence-electron chi connectivity index (χ3n) is 4.80. The Hall–Kier alpha value is -0.460. The van der Waals surface area contributed by atoms with E-state index in [0.717, 1.165) is 45.4 Å². The van der Waals surface area contributed by atoms with Crippen LogP contribution in [0.3, 0.4) is 0 Å². The first-order valence-electron chi connectivity index (χ1n) is 8.52. The topological polar surface area (TPSA) is 64.8 Å². The van der Waals surface area contributed by atoms with Crippen LogP contribution in [0.4, 0.5) is 4.79 Å². The lowest BCUT2D eigenvalue weighted by Crippen LogP contribution is -2.45. The van der Waals surface area contributed by atoms with E-state index in [9.17, 15) is 4.79 Å². The lowest BCUT2D eigenvalue weighted by molar-refractivity contribution is 0.00770. The molecule has 0 aromatic rings. The zero-order valence-electron chi connectivity index (χ0n) is 15.2. The van der Waals surface area contributed by atoms with Crippen molar-refractivity contribution in [1.82, 2.24) is 4.90 Å². The molecule has 0 aromatic carbocycles. The molecule has 23 heavy (non-hydrogen) atoms. The van der Waals surface area contributed by atoms with Gasteiger partial charge in [-0.3, -0.25) is 5.14 Å². The van der Waals surface area contributed by atoms with Crippen LogP contribution in [-0.2, 0) is 9.47 Å². The Morgan fingerprint density at radius 3 is 2.43 bits per heavy atom. The molecule has 0 saturated carbocycles. The second kappa shape index (κ2) is 6.81. The van der Waals surface area contributed by atoms with Gasteiger partial charge >= 0.3 is 6.09 Å². The Labute approximate surface area is 144 Å². The number of hydrogen-bond acceptors (Lipinski definition) is 5. The molecule has 2 aliphatic rings. The number of hydrogen-bond donors (Lipinski definition) is 1. The summed E-state index contributed by atoms with van der Waals surface area (Å²) in [5, 5.41) is 5.76. The third-order valence-corrected chi connectivity index (χ3v) is 5.60. The highest BCUT2D eigenvalue weighted by Gasteiger charge is 2.44. The summed E-state index contributed by atoms with van der Waals surface area (Å²) in [6.07, 6.45) is 4.15. The molecule has 0 aliphatic carbocycles. The highest BCUT2D eigenvalue weighted by molar-refractivity contribution is 7.98. The van der Waals surface area contributed by atoms with Gasteiger partial charge in [-0.15, -0.1) is 0 Å². The smallest absolute Gasteiger partial charge is 0.410 e. The van der Waals surface area contributed by atoms with Gasteiger partial charge in [0.1, 0.15) is 5.60 Å². The fourth-order valence-corrected chi connectivity index (χ4v) is 3.74. The van der Waals surface area contributed by atoms with Crippen LogP contribution in [0.1, 0.15) is 60.3 Å². The zero-order valence-corrected chi connectivity index (χ0v) is 16.0. The summed E-state index contributed by atoms with van der Waals surface area (Å²) < 4.78 is 11.6. The fourth-order valence-electron chi connectivity index (χ4n) is 3.46. The number of amides is 1. The predicted molar refractivity (Wildman–Crippen MR) is 94.3 cm³/mol. The van der Waals surface area contributed by atoms with Crippen LogP contribution < -0.4 is 5.14 Å². The van der Waals surface area contributed by atoms with Crippen molar-refractivity contribution in [2.45, 2.75) is 76.8 Å². The van der Waals surface area contributed by atoms with Gasteiger partial charge in [-0.2, -0.15) is 0 Å². The lowest BCUT2D eigenvalue weighted by Gasteiger charge is -2.39. The van der Waals surface area contributed by atoms with E-state index >= 15 is 0 Å². The van der Waals surface area contributed by atoms with Gasteiger partial charge in [-0.25, -0.2) is 4.79 Å². The molecule has 1 atom stereocenters. The maximum absolute atomic E-state index is 12.2. The molecule has 2 saturated heterocycles. The van der Waals surface area contributed by atoms with Gasteiger partial charge in [0.2, 0.25) is 0 Å². The minimum absolute atomic E-state index is 0.0490. The Balaban J connectivity index is 1.84. The average molecular weight is 345 g/mol. The largest absolute Gasteiger partial charge is 0.444 e. The number of nitrogens with zero attached hydrogens (tertiary/aromatic N) is 1. The van der Waals surface area contributed by atoms with E-state index < -0.39 is 5.60 Å². The number of carbonyl (C=O) groups excluding carboxylic acids is 1. The van der Waals surface area contributed by atoms with Gasteiger partial charge in [-0.05, 0) is 65.7 Å². The standard InChI is InChI=1S/C17H32N2O3S/c1-15(2,3)22-14(20)19-8-6-17(7-9-19)11-13(21-12-17)10-16(4,5)23-18/h13H,6-12,18H2,1-5H3/t13-/m0/s1. The van der Waals surface area contributed by atoms with E-state index in [0.29, 0.717) is 0 Å². The molecule has 0 aromatic heterocycles. The van der Waals surface area contributed by atoms with Crippen molar-refractivity contribution in [2.75, 3.05) is 19.7 Å². The second-order valence-corrected chi connectivity index (χ2v) is 10.0. The van der Waals surface area contributed by atoms with Gasteiger partial charge < -0.3 is 14.4 Å². The van der Waals surface area contributed by atoms with Crippen LogP contribution in [0.15, 0.2) is 0 Å². The van der Waals surface area contributed by atoms with Crippen LogP contribution in [0, 0.1) is 5.41 Å². The molecule has 2 aliphatic heterocycles. The molecule has 1 spiro atoms. The van der Waals surface area contributed by atoms with Crippen LogP contribution in [0.2, 0.25) is 0 Å². The highest BCUT2D eigenvalue weighted by atomic mass is 32.2. The van der Waals surface area contributed by atoms with E-state index in [-0.39, 0.29) is 22.4 Å². The van der Waals surface area contributed by atoms with Gasteiger partial charge in [0.25, 0.3) is 0 Å². The van der Waals surface area contributed by atoms with E-state index in [2.05, 4.69) is 13.8 Å². The Bertz CT molecular complexity index is 426. The van der Waals surface area contributed by atoms with E-state index in [1.807, 2.05) is 25.7 Å². The average Bonchev–Trinajstić information content (AvgIpc) is 2.79. The molecule has 0 bridgehead atoms. The summed E-state index contributed by atoms with van der Waals surface area (Å²) >= 11 is 1.41. The van der Waals surface area contributed by atoms with Crippen molar-refractivity contribution < 1.29 is 14.3 Å². The monoisotopic (exact) mass is 344 g/mol. The minimum atomic E-state index is -0.431. The second-order valence-electron chi connectivity index (χ2n) is 8.69. The number of rotatable bonds is 3. The van der Waals surface area contributed by atoms with Crippen LogP contribution in [0.25, 0.3) is 0 Å². The van der Waals surface area contributed by atoms with Crippen molar-refractivity contribution in [1.29, 1.82) is 0 Å². The normalized spacial score (nSPS) is 25.0. The van der Waals surface area contributed by atoms with Gasteiger partial charge in [0.15, 0.2) is 0 Å². The van der Waals surface area contributed by atoms with Crippen LogP contribution in [-0.4, -0.2) is 47.1 Å². The molecule has 2 rings (SSSR count). The minimum Gasteiger partial charge on any atom is -0.444 e. The van der Waals surface area contributed by atoms with Crippen molar-refractivity contribution in [2.24, 2.45) is 10.6 Å². The van der Waals surface area contributed by atoms with Crippen LogP contribution in [0.5, 0.6) is 0 Å². The van der Waals surface area contributed by atoms with E-state index in [4.69, 9.17) is 14.6 Å². The van der Waals surface area contributed by atoms with Crippen molar-refractivity contribution >= 4 is 18.0 Å². The Kier molecular flexibility index (Phi) is 5.58. The first-order chi connectivity index (χ1) is 10.5. The fraction of sp³-hybridized carbons (Fsp3) is 0.941. The number of piperidine rings is 1. The third kappa shape index (κ3) is 5.26. The van der Waals surface area contributed by atoms with E-state index in [1.54, 1.807) is 0 Å². The van der Waals surface area contributed by atoms with Crippen molar-refractivity contribution in [3.8, 4) is 0 Å². The summed E-state index contributed by atoms with van der Waals surface area (Å²) in [7, 11) is 0. The highest BCUT2D eigenvalue weighted by Crippen LogP contribution is 2.44. The molecule has 1 amide bonds. The first-order valence-corrected chi connectivity index (χ1v) is 9.40. The Morgan fingerprint density at radius 2 is 1.91 bits per heavy atom. The number of nitrogens with two attached hydrogens (primary N) is 1. The number of likely N-dealkylation sites (tertiary alicyclic amines) is 1. The summed E-state index contributed by atoms with van der Waals surface area (Å²) in [6, 6.07) is 0. The molecular formula is C17H32N2O3S. The molecule has 0 radical (unpaired) electrons. The van der Waals surface area contributed by atoms with Gasteiger partial charge in [0.05, 0.1) is 12.7 Å². The van der Waals surface area contributed by atoms with Gasteiger partial charge in [-0.1, -0.05) is 11.9 Å². The summed E-state index contributed by atoms with van der Waals surface area (Å²) in [6.45, 7) is 12.4. The van der Waals surface area contributed by atoms with Crippen LogP contribution >= 0.6 is 11.9 Å². The summed E-state index contributed by atoms with van der Waals surface area (Å²) in [4.78, 5) is 14.0. The first kappa shape index (κ1) is 18.9. The number of carbonyl (C=O) groups is 1. The number of ether oxygens (including phenoxy) is 2. The molecule has 134 valence electrons. The zero-order chi connectivity index (χ0) is 17.3. The molecule has 2 fully saturated rings. The molecular weight excluding hydrogens is 312 g/mol. The summed E-state index contributed by atoms with van der Waals surface area (Å²) in [5.41, 5.74) is -0.197. The molecule has 6 heteroatoms. The van der Waals surface area contributed by atoms with Crippen molar-refractivity contribution in [3.05, 3.63) is 0 Å². The molecule has 2 heterocycles. The summed E-state index contributed by atoms with van der Waals surface area (Å²) in [5.74, 6) is 0. The van der Waals surface area contributed by atoms with Gasteiger partial charge in [0, 0.05) is 17.8 Å². The Morgan fingerprint density at radius 1 is 1.30 bits per heavy atom. The maximum Gasteiger partial charge on any atom is 0.410 e. The molecule has 0 unspecified atom stereocenters. The quantitative estimate of drug-likeness (QED) is 0.793. The van der Waals surface area contributed by atoms with E-state index in [1.165, 1.54) is 11.9 Å². The van der Waals surface area contributed by atoms with Crippen molar-refractivity contribution in [3.63, 3.8) is 0 Å². The molecule has 5 nitrogen and oxygen atoms in total. The molecule has 2 N–H and O–H groups in total.